The molecule has 18 heavy (non-hydrogen) atoms. The molecule has 5 nitrogen and oxygen atoms in total. The normalized spacial score (nSPS) is 15.8. The summed E-state index contributed by atoms with van der Waals surface area (Å²) in [7, 11) is 0. The van der Waals surface area contributed by atoms with E-state index in [2.05, 4.69) is 5.32 Å². The summed E-state index contributed by atoms with van der Waals surface area (Å²) in [5.74, 6) is -1.87. The van der Waals surface area contributed by atoms with Gasteiger partial charge in [-0.3, -0.25) is 4.79 Å². The molecule has 0 aromatic heterocycles. The van der Waals surface area contributed by atoms with Crippen LogP contribution in [0.25, 0.3) is 0 Å². The molecule has 104 valence electrons. The maximum absolute atomic E-state index is 13.5. The second-order valence-electron chi connectivity index (χ2n) is 4.20. The van der Waals surface area contributed by atoms with Crippen molar-refractivity contribution in [3.63, 3.8) is 0 Å². The van der Waals surface area contributed by atoms with Crippen LogP contribution in [0, 0.1) is 5.41 Å². The van der Waals surface area contributed by atoms with Crippen molar-refractivity contribution in [2.45, 2.75) is 25.3 Å². The van der Waals surface area contributed by atoms with E-state index in [4.69, 9.17) is 16.2 Å². The number of aliphatic carboxylic acids is 1. The van der Waals surface area contributed by atoms with Crippen LogP contribution in [-0.4, -0.2) is 42.6 Å². The van der Waals surface area contributed by atoms with Crippen LogP contribution in [0.5, 0.6) is 0 Å². The standard InChI is InChI=1S/C11H19F2N3O2/c1-11(15,10(17)18)3-2-8(6-12)9(13)7-16-5-4-14/h4,14,16H,2-3,5-7,15H2,1H3,(H,17,18). The number of alkyl halides is 1. The molecular weight excluding hydrogens is 244 g/mol. The Morgan fingerprint density at radius 2 is 2.22 bits per heavy atom. The number of hydrogen-bond acceptors (Lipinski definition) is 4. The zero-order valence-corrected chi connectivity index (χ0v) is 10.3. The summed E-state index contributed by atoms with van der Waals surface area (Å²) < 4.78 is 26.1. The van der Waals surface area contributed by atoms with Crippen LogP contribution < -0.4 is 11.1 Å². The van der Waals surface area contributed by atoms with Crippen LogP contribution in [0.4, 0.5) is 8.78 Å². The van der Waals surface area contributed by atoms with Crippen molar-refractivity contribution in [3.8, 4) is 0 Å². The Morgan fingerprint density at radius 3 is 2.67 bits per heavy atom. The van der Waals surface area contributed by atoms with Crippen LogP contribution in [0.2, 0.25) is 0 Å². The lowest BCUT2D eigenvalue weighted by molar-refractivity contribution is -0.142. The Balaban J connectivity index is 4.45. The molecule has 1 atom stereocenters. The molecule has 0 aromatic carbocycles. The summed E-state index contributed by atoms with van der Waals surface area (Å²) in [6, 6.07) is 0. The van der Waals surface area contributed by atoms with E-state index in [1.165, 1.54) is 6.92 Å². The Hall–Kier alpha value is -1.34. The molecule has 0 radical (unpaired) electrons. The molecule has 0 aliphatic carbocycles. The van der Waals surface area contributed by atoms with Crippen molar-refractivity contribution in [1.82, 2.24) is 5.32 Å². The molecule has 0 spiro atoms. The number of carbonyl (C=O) groups is 1. The number of carboxylic acids is 1. The van der Waals surface area contributed by atoms with Crippen molar-refractivity contribution in [1.29, 1.82) is 5.41 Å². The molecule has 0 amide bonds. The molecule has 1 unspecified atom stereocenters. The van der Waals surface area contributed by atoms with E-state index in [1.807, 2.05) is 0 Å². The first-order valence-electron chi connectivity index (χ1n) is 5.49. The first-order chi connectivity index (χ1) is 8.35. The van der Waals surface area contributed by atoms with Gasteiger partial charge in [-0.1, -0.05) is 0 Å². The molecule has 0 bridgehead atoms. The smallest absolute Gasteiger partial charge is 0.323 e. The lowest BCUT2D eigenvalue weighted by Gasteiger charge is -2.19. The lowest BCUT2D eigenvalue weighted by Crippen LogP contribution is -2.44. The first-order valence-corrected chi connectivity index (χ1v) is 5.49. The Labute approximate surface area is 105 Å². The summed E-state index contributed by atoms with van der Waals surface area (Å²) in [4.78, 5) is 10.7. The average Bonchev–Trinajstić information content (AvgIpc) is 2.29. The molecule has 0 saturated heterocycles. The quantitative estimate of drug-likeness (QED) is 0.368. The summed E-state index contributed by atoms with van der Waals surface area (Å²) in [6.45, 7) is 0.337. The van der Waals surface area contributed by atoms with E-state index >= 15 is 0 Å². The van der Waals surface area contributed by atoms with Gasteiger partial charge in [-0.25, -0.2) is 8.78 Å². The van der Waals surface area contributed by atoms with Gasteiger partial charge in [-0.05, 0) is 25.3 Å². The van der Waals surface area contributed by atoms with Gasteiger partial charge in [-0.2, -0.15) is 0 Å². The SMILES string of the molecule is CC(N)(CCC(CF)=C(F)CNCC=N)C(=O)O. The van der Waals surface area contributed by atoms with Crippen LogP contribution in [0.15, 0.2) is 11.4 Å². The average molecular weight is 263 g/mol. The number of nitrogens with two attached hydrogens (primary N) is 1. The summed E-state index contributed by atoms with van der Waals surface area (Å²) in [6.07, 6.45) is 0.970. The van der Waals surface area contributed by atoms with Crippen LogP contribution in [0.3, 0.4) is 0 Å². The van der Waals surface area contributed by atoms with Crippen molar-refractivity contribution in [3.05, 3.63) is 11.4 Å². The van der Waals surface area contributed by atoms with Crippen molar-refractivity contribution < 1.29 is 18.7 Å². The maximum atomic E-state index is 13.5. The second kappa shape index (κ2) is 7.88. The third-order valence-corrected chi connectivity index (χ3v) is 2.51. The Morgan fingerprint density at radius 1 is 1.61 bits per heavy atom. The van der Waals surface area contributed by atoms with Crippen molar-refractivity contribution in [2.75, 3.05) is 19.8 Å². The maximum Gasteiger partial charge on any atom is 0.323 e. The second-order valence-corrected chi connectivity index (χ2v) is 4.20. The zero-order valence-electron chi connectivity index (χ0n) is 10.3. The van der Waals surface area contributed by atoms with E-state index in [0.29, 0.717) is 0 Å². The lowest BCUT2D eigenvalue weighted by atomic mass is 9.94. The number of hydrogen-bond donors (Lipinski definition) is 4. The van der Waals surface area contributed by atoms with Gasteiger partial charge in [-0.15, -0.1) is 0 Å². The monoisotopic (exact) mass is 263 g/mol. The van der Waals surface area contributed by atoms with E-state index in [1.54, 1.807) is 0 Å². The van der Waals surface area contributed by atoms with Gasteiger partial charge >= 0.3 is 5.97 Å². The summed E-state index contributed by atoms with van der Waals surface area (Å²) >= 11 is 0. The highest BCUT2D eigenvalue weighted by molar-refractivity contribution is 5.77. The Bertz CT molecular complexity index is 330. The van der Waals surface area contributed by atoms with Gasteiger partial charge in [0.05, 0.1) is 0 Å². The largest absolute Gasteiger partial charge is 0.480 e. The van der Waals surface area contributed by atoms with Gasteiger partial charge in [0.15, 0.2) is 0 Å². The van der Waals surface area contributed by atoms with E-state index in [9.17, 15) is 13.6 Å². The minimum absolute atomic E-state index is 0.0421. The Kier molecular flexibility index (Phi) is 7.30. The number of rotatable bonds is 9. The van der Waals surface area contributed by atoms with Crippen molar-refractivity contribution >= 4 is 12.2 Å². The number of carboxylic acid groups (broad SMARTS) is 1. The molecule has 0 aliphatic rings. The van der Waals surface area contributed by atoms with Gasteiger partial charge < -0.3 is 21.6 Å². The third-order valence-electron chi connectivity index (χ3n) is 2.51. The van der Waals surface area contributed by atoms with Gasteiger partial charge in [0.1, 0.15) is 18.0 Å². The summed E-state index contributed by atoms with van der Waals surface area (Å²) in [5.41, 5.74) is 3.88. The molecular formula is C11H19F2N3O2. The molecule has 0 aromatic rings. The van der Waals surface area contributed by atoms with Crippen LogP contribution in [0.1, 0.15) is 19.8 Å². The van der Waals surface area contributed by atoms with E-state index < -0.39 is 24.0 Å². The highest BCUT2D eigenvalue weighted by Gasteiger charge is 2.28. The van der Waals surface area contributed by atoms with Crippen molar-refractivity contribution in [2.24, 2.45) is 5.73 Å². The number of nitrogens with one attached hydrogen (secondary N) is 2. The van der Waals surface area contributed by atoms with Crippen LogP contribution in [-0.2, 0) is 4.79 Å². The molecule has 5 N–H and O–H groups in total. The summed E-state index contributed by atoms with van der Waals surface area (Å²) in [5, 5.41) is 18.1. The third kappa shape index (κ3) is 5.83. The van der Waals surface area contributed by atoms with Gasteiger partial charge in [0.2, 0.25) is 0 Å². The minimum atomic E-state index is -1.50. The number of allylic oxidation sites excluding steroid dienone is 1. The fourth-order valence-electron chi connectivity index (χ4n) is 1.17. The fraction of sp³-hybridized carbons (Fsp3) is 0.636. The first kappa shape index (κ1) is 16.7. The fourth-order valence-corrected chi connectivity index (χ4v) is 1.17. The number of halogens is 2. The minimum Gasteiger partial charge on any atom is -0.480 e. The predicted octanol–water partition coefficient (Wildman–Crippen LogP) is 1.00. The molecule has 7 heteroatoms. The zero-order chi connectivity index (χ0) is 14.2. The van der Waals surface area contributed by atoms with E-state index in [-0.39, 0.29) is 31.5 Å². The highest BCUT2D eigenvalue weighted by atomic mass is 19.1. The van der Waals surface area contributed by atoms with E-state index in [0.717, 1.165) is 6.21 Å². The predicted molar refractivity (Wildman–Crippen MR) is 65.2 cm³/mol. The molecule has 0 saturated carbocycles. The topological polar surface area (TPSA) is 99.2 Å². The molecule has 0 aliphatic heterocycles. The van der Waals surface area contributed by atoms with Crippen LogP contribution >= 0.6 is 0 Å². The molecule has 0 rings (SSSR count). The van der Waals surface area contributed by atoms with Gasteiger partial charge in [0.25, 0.3) is 0 Å². The highest BCUT2D eigenvalue weighted by Crippen LogP contribution is 2.18. The van der Waals surface area contributed by atoms with Gasteiger partial charge in [0, 0.05) is 19.3 Å². The molecule has 0 heterocycles. The molecule has 0 fully saturated rings.